The molecule has 1 fully saturated rings. The maximum Gasteiger partial charge on any atom is 0.416 e. The Kier molecular flexibility index (Phi) is 4.63. The number of nitrogens with one attached hydrogen (secondary N) is 1. The Morgan fingerprint density at radius 2 is 1.21 bits per heavy atom. The van der Waals surface area contributed by atoms with Crippen molar-refractivity contribution in [2.45, 2.75) is 30.5 Å². The largest absolute Gasteiger partial charge is 0.416 e. The Morgan fingerprint density at radius 3 is 1.71 bits per heavy atom. The fraction of sp³-hybridized carbons (Fsp3) is 0.200. The van der Waals surface area contributed by atoms with Crippen LogP contribution in [0, 0.1) is 5.41 Å². The van der Waals surface area contributed by atoms with Gasteiger partial charge in [-0.1, -0.05) is 97.1 Å². The second-order valence-corrected chi connectivity index (χ2v) is 9.38. The minimum atomic E-state index is -4.41. The second-order valence-electron chi connectivity index (χ2n) is 9.38. The molecule has 1 heterocycles. The van der Waals surface area contributed by atoms with Crippen LogP contribution in [-0.4, -0.2) is 0 Å². The minimum absolute atomic E-state index is 0.120. The molecule has 1 aliphatic carbocycles. The summed E-state index contributed by atoms with van der Waals surface area (Å²) in [5, 5.41) is 3.57. The molecule has 34 heavy (non-hydrogen) atoms. The lowest BCUT2D eigenvalue weighted by atomic mass is 9.54. The molecule has 1 unspecified atom stereocenters. The summed E-state index contributed by atoms with van der Waals surface area (Å²) >= 11 is 0. The lowest BCUT2D eigenvalue weighted by Crippen LogP contribution is -2.48. The summed E-state index contributed by atoms with van der Waals surface area (Å²) in [6, 6.07) is 34.8. The Labute approximate surface area is 197 Å². The Hall–Kier alpha value is -3.53. The van der Waals surface area contributed by atoms with Crippen molar-refractivity contribution in [3.63, 3.8) is 0 Å². The lowest BCUT2D eigenvalue weighted by Gasteiger charge is -2.52. The van der Waals surface area contributed by atoms with E-state index in [9.17, 15) is 13.2 Å². The van der Waals surface area contributed by atoms with E-state index in [-0.39, 0.29) is 11.5 Å². The lowest BCUT2D eigenvalue weighted by molar-refractivity contribution is -0.137. The van der Waals surface area contributed by atoms with Gasteiger partial charge in [-0.3, -0.25) is 0 Å². The summed E-state index contributed by atoms with van der Waals surface area (Å²) < 4.78 is 41.3. The fourth-order valence-electron chi connectivity index (χ4n) is 6.22. The van der Waals surface area contributed by atoms with Crippen molar-refractivity contribution in [1.29, 1.82) is 0 Å². The quantitative estimate of drug-likeness (QED) is 0.330. The van der Waals surface area contributed by atoms with E-state index in [1.165, 1.54) is 12.1 Å². The second kappa shape index (κ2) is 7.49. The molecule has 1 N–H and O–H groups in total. The predicted molar refractivity (Wildman–Crippen MR) is 129 cm³/mol. The monoisotopic (exact) mass is 455 g/mol. The number of halogens is 3. The van der Waals surface area contributed by atoms with Gasteiger partial charge in [0.2, 0.25) is 0 Å². The average molecular weight is 456 g/mol. The first kappa shape index (κ1) is 21.0. The van der Waals surface area contributed by atoms with Crippen LogP contribution in [0.3, 0.4) is 0 Å². The minimum Gasteiger partial charge on any atom is -0.377 e. The average Bonchev–Trinajstić information content (AvgIpc) is 3.66. The van der Waals surface area contributed by atoms with Crippen molar-refractivity contribution >= 4 is 5.69 Å². The number of hydrogen-bond acceptors (Lipinski definition) is 1. The topological polar surface area (TPSA) is 12.0 Å². The highest BCUT2D eigenvalue weighted by Gasteiger charge is 2.68. The van der Waals surface area contributed by atoms with Crippen molar-refractivity contribution in [2.75, 3.05) is 5.32 Å². The summed E-state index contributed by atoms with van der Waals surface area (Å²) in [6.45, 7) is 0. The van der Waals surface area contributed by atoms with Crippen LogP contribution in [0.15, 0.2) is 109 Å². The van der Waals surface area contributed by atoms with Gasteiger partial charge >= 0.3 is 6.18 Å². The standard InChI is InChI=1S/C30H24F3N/c31-30(32,33)24-16-17-25-26(20-24)34-27(21-10-4-1-5-11-21)28(18-19-28)29(25,22-12-6-2-7-13-22)23-14-8-3-9-15-23/h1-17,20,27,34H,18-19H2. The highest BCUT2D eigenvalue weighted by Crippen LogP contribution is 2.73. The van der Waals surface area contributed by atoms with E-state index >= 15 is 0 Å². The zero-order valence-electron chi connectivity index (χ0n) is 18.5. The molecule has 1 saturated carbocycles. The first-order valence-electron chi connectivity index (χ1n) is 11.6. The Morgan fingerprint density at radius 1 is 0.676 bits per heavy atom. The van der Waals surface area contributed by atoms with Gasteiger partial charge in [-0.15, -0.1) is 0 Å². The van der Waals surface area contributed by atoms with Crippen LogP contribution in [0.25, 0.3) is 0 Å². The Balaban J connectivity index is 1.72. The van der Waals surface area contributed by atoms with Crippen LogP contribution >= 0.6 is 0 Å². The molecular weight excluding hydrogens is 431 g/mol. The summed E-state index contributed by atoms with van der Waals surface area (Å²) in [7, 11) is 0. The predicted octanol–water partition coefficient (Wildman–Crippen LogP) is 7.99. The third-order valence-electron chi connectivity index (χ3n) is 7.69. The van der Waals surface area contributed by atoms with E-state index in [0.29, 0.717) is 5.69 Å². The molecule has 170 valence electrons. The van der Waals surface area contributed by atoms with Crippen molar-refractivity contribution in [2.24, 2.45) is 5.41 Å². The fourth-order valence-corrected chi connectivity index (χ4v) is 6.22. The van der Waals surface area contributed by atoms with Crippen LogP contribution in [0.2, 0.25) is 0 Å². The summed E-state index contributed by atoms with van der Waals surface area (Å²) in [5.41, 5.74) is 3.36. The number of fused-ring (bicyclic) bond motifs is 1. The van der Waals surface area contributed by atoms with Gasteiger partial charge in [0, 0.05) is 11.1 Å². The van der Waals surface area contributed by atoms with E-state index in [4.69, 9.17) is 0 Å². The van der Waals surface area contributed by atoms with Gasteiger partial charge in [0.05, 0.1) is 17.0 Å². The van der Waals surface area contributed by atoms with Crippen LogP contribution in [0.5, 0.6) is 0 Å². The van der Waals surface area contributed by atoms with Gasteiger partial charge in [-0.05, 0) is 47.2 Å². The molecule has 1 spiro atoms. The molecule has 4 aromatic rings. The van der Waals surface area contributed by atoms with Crippen molar-refractivity contribution < 1.29 is 13.2 Å². The molecular formula is C30H24F3N. The van der Waals surface area contributed by atoms with Gasteiger partial charge < -0.3 is 5.32 Å². The first-order valence-corrected chi connectivity index (χ1v) is 11.6. The van der Waals surface area contributed by atoms with Gasteiger partial charge in [0.15, 0.2) is 0 Å². The van der Waals surface area contributed by atoms with Crippen LogP contribution in [0.4, 0.5) is 18.9 Å². The van der Waals surface area contributed by atoms with Crippen molar-refractivity contribution in [1.82, 2.24) is 0 Å². The molecule has 0 radical (unpaired) electrons. The third-order valence-corrected chi connectivity index (χ3v) is 7.69. The van der Waals surface area contributed by atoms with E-state index < -0.39 is 17.2 Å². The Bertz CT molecular complexity index is 1270. The molecule has 4 aromatic carbocycles. The maximum atomic E-state index is 13.8. The van der Waals surface area contributed by atoms with Gasteiger partial charge in [-0.25, -0.2) is 0 Å². The summed E-state index contributed by atoms with van der Waals surface area (Å²) in [6.07, 6.45) is -2.45. The van der Waals surface area contributed by atoms with Gasteiger partial charge in [0.25, 0.3) is 0 Å². The molecule has 6 rings (SSSR count). The van der Waals surface area contributed by atoms with Crippen molar-refractivity contribution in [3.8, 4) is 0 Å². The first-order chi connectivity index (χ1) is 16.5. The molecule has 4 heteroatoms. The van der Waals surface area contributed by atoms with Crippen LogP contribution in [-0.2, 0) is 11.6 Å². The smallest absolute Gasteiger partial charge is 0.377 e. The molecule has 0 amide bonds. The molecule has 1 atom stereocenters. The highest BCUT2D eigenvalue weighted by atomic mass is 19.4. The highest BCUT2D eigenvalue weighted by molar-refractivity contribution is 5.71. The number of rotatable bonds is 3. The summed E-state index contributed by atoms with van der Waals surface area (Å²) in [5.74, 6) is 0. The zero-order valence-corrected chi connectivity index (χ0v) is 18.5. The SMILES string of the molecule is FC(F)(F)c1ccc2c(c1)NC(c1ccccc1)C1(CC1)C2(c1ccccc1)c1ccccc1. The zero-order chi connectivity index (χ0) is 23.4. The van der Waals surface area contributed by atoms with Crippen LogP contribution < -0.4 is 5.32 Å². The van der Waals surface area contributed by atoms with Gasteiger partial charge in [0.1, 0.15) is 0 Å². The molecule has 0 aromatic heterocycles. The third kappa shape index (κ3) is 2.94. The number of alkyl halides is 3. The van der Waals surface area contributed by atoms with E-state index in [1.54, 1.807) is 6.07 Å². The van der Waals surface area contributed by atoms with Crippen molar-refractivity contribution in [3.05, 3.63) is 137 Å². The molecule has 1 nitrogen and oxygen atoms in total. The van der Waals surface area contributed by atoms with E-state index in [1.807, 2.05) is 54.6 Å². The number of benzene rings is 4. The molecule has 1 aliphatic heterocycles. The maximum absolute atomic E-state index is 13.8. The molecule has 2 aliphatic rings. The summed E-state index contributed by atoms with van der Waals surface area (Å²) in [4.78, 5) is 0. The van der Waals surface area contributed by atoms with Crippen LogP contribution in [0.1, 0.15) is 46.7 Å². The van der Waals surface area contributed by atoms with E-state index in [0.717, 1.165) is 35.1 Å². The normalized spacial score (nSPS) is 19.8. The number of anilines is 1. The van der Waals surface area contributed by atoms with Gasteiger partial charge in [-0.2, -0.15) is 13.2 Å². The molecule has 0 bridgehead atoms. The number of hydrogen-bond donors (Lipinski definition) is 1. The van der Waals surface area contributed by atoms with E-state index in [2.05, 4.69) is 41.7 Å². The molecule has 0 saturated heterocycles.